The fourth-order valence-corrected chi connectivity index (χ4v) is 5.00. The van der Waals surface area contributed by atoms with Gasteiger partial charge in [-0.05, 0) is 67.6 Å². The van der Waals surface area contributed by atoms with E-state index in [0.717, 1.165) is 18.2 Å². The maximum absolute atomic E-state index is 13.5. The van der Waals surface area contributed by atoms with Gasteiger partial charge in [0.1, 0.15) is 0 Å². The molecule has 2 aromatic rings. The molecule has 226 valence electrons. The van der Waals surface area contributed by atoms with Gasteiger partial charge in [-0.3, -0.25) is 9.59 Å². The average Bonchev–Trinajstić information content (AvgIpc) is 2.98. The molecule has 1 N–H and O–H groups in total. The zero-order valence-electron chi connectivity index (χ0n) is 22.8. The van der Waals surface area contributed by atoms with Gasteiger partial charge < -0.3 is 24.4 Å². The Labute approximate surface area is 241 Å². The number of nitrogens with one attached hydrogen (secondary N) is 1. The molecule has 0 spiro atoms. The van der Waals surface area contributed by atoms with Crippen molar-refractivity contribution in [3.05, 3.63) is 70.8 Å². The van der Waals surface area contributed by atoms with E-state index in [2.05, 4.69) is 5.32 Å². The molecule has 0 bridgehead atoms. The minimum Gasteiger partial charge on any atom is -0.469 e. The van der Waals surface area contributed by atoms with Gasteiger partial charge in [-0.2, -0.15) is 0 Å². The minimum atomic E-state index is -0.998. The molecule has 8 nitrogen and oxygen atoms in total. The third kappa shape index (κ3) is 8.56. The van der Waals surface area contributed by atoms with E-state index < -0.39 is 41.3 Å². The van der Waals surface area contributed by atoms with E-state index in [9.17, 15) is 31.9 Å². The molecule has 0 aromatic heterocycles. The predicted octanol–water partition coefficient (Wildman–Crippen LogP) is 5.26. The van der Waals surface area contributed by atoms with Crippen molar-refractivity contribution in [2.75, 3.05) is 34.4 Å². The van der Waals surface area contributed by atoms with Gasteiger partial charge in [-0.15, -0.1) is 12.4 Å². The van der Waals surface area contributed by atoms with Gasteiger partial charge >= 0.3 is 18.0 Å². The molecule has 0 aliphatic carbocycles. The Bertz CT molecular complexity index is 1220. The molecule has 4 rings (SSSR count). The zero-order valence-corrected chi connectivity index (χ0v) is 23.6. The topological polar surface area (TPSA) is 94.2 Å². The Kier molecular flexibility index (Phi) is 12.8. The van der Waals surface area contributed by atoms with Crippen LogP contribution in [0.4, 0.5) is 22.4 Å². The lowest BCUT2D eigenvalue weighted by atomic mass is 9.87. The quantitative estimate of drug-likeness (QED) is 0.289. The monoisotopic (exact) mass is 604 g/mol. The molecule has 2 heterocycles. The average molecular weight is 605 g/mol. The summed E-state index contributed by atoms with van der Waals surface area (Å²) in [5.41, 5.74) is 1.07. The molecule has 2 fully saturated rings. The molecule has 2 aromatic carbocycles. The van der Waals surface area contributed by atoms with E-state index in [1.807, 2.05) is 0 Å². The summed E-state index contributed by atoms with van der Waals surface area (Å²) in [5.74, 6) is -4.90. The van der Waals surface area contributed by atoms with E-state index in [1.54, 1.807) is 0 Å². The van der Waals surface area contributed by atoms with Gasteiger partial charge in [0.2, 0.25) is 0 Å². The first-order valence-corrected chi connectivity index (χ1v) is 12.7. The number of amides is 1. The van der Waals surface area contributed by atoms with Crippen molar-refractivity contribution in [2.24, 2.45) is 11.8 Å². The van der Waals surface area contributed by atoms with Crippen molar-refractivity contribution in [3.63, 3.8) is 0 Å². The molecule has 13 heteroatoms. The number of nitrogens with zero attached hydrogens (tertiary/aromatic N) is 1. The summed E-state index contributed by atoms with van der Waals surface area (Å²) in [7, 11) is 3.90. The number of carbonyl (C=O) groups is 3. The van der Waals surface area contributed by atoms with Crippen LogP contribution in [0.15, 0.2) is 36.4 Å². The Hall–Kier alpha value is -3.38. The summed E-state index contributed by atoms with van der Waals surface area (Å²) >= 11 is 0. The Balaban J connectivity index is 0.000000285. The van der Waals surface area contributed by atoms with E-state index in [-0.39, 0.29) is 49.3 Å². The highest BCUT2D eigenvalue weighted by atomic mass is 35.5. The fraction of sp³-hybridized carbons (Fsp3) is 0.464. The number of esters is 2. The molecule has 0 radical (unpaired) electrons. The van der Waals surface area contributed by atoms with Crippen molar-refractivity contribution in [2.45, 2.75) is 37.8 Å². The van der Waals surface area contributed by atoms with E-state index >= 15 is 0 Å². The van der Waals surface area contributed by atoms with Crippen LogP contribution >= 0.6 is 12.4 Å². The SMILES string of the molecule is COC(=O)C1CCN(C(=O)OC)C(c2ccc(F)c(F)c2)C1.COC(=O)C1CCNC(c2ccc(F)c(F)c2)C1.Cl. The summed E-state index contributed by atoms with van der Waals surface area (Å²) in [4.78, 5) is 36.5. The van der Waals surface area contributed by atoms with Gasteiger partial charge in [0.05, 0.1) is 39.2 Å². The van der Waals surface area contributed by atoms with Crippen LogP contribution in [0, 0.1) is 35.1 Å². The molecule has 4 unspecified atom stereocenters. The number of carbonyl (C=O) groups excluding carboxylic acids is 3. The lowest BCUT2D eigenvalue weighted by Gasteiger charge is -2.37. The standard InChI is InChI=1S/C15H17F2NO4.C13H15F2NO2.ClH/c1-21-14(19)10-5-6-18(15(20)22-2)13(8-10)9-3-4-11(16)12(17)7-9;1-18-13(17)9-4-5-16-12(7-9)8-2-3-10(14)11(15)6-8;/h3-4,7,10,13H,5-6,8H2,1-2H3;2-3,6,9,12,16H,4-5,7H2,1H3;1H. The van der Waals surface area contributed by atoms with Crippen molar-refractivity contribution in [1.29, 1.82) is 0 Å². The van der Waals surface area contributed by atoms with Crippen LogP contribution in [-0.2, 0) is 23.8 Å². The summed E-state index contributed by atoms with van der Waals surface area (Å²) in [6.07, 6.45) is 1.37. The number of rotatable bonds is 4. The highest BCUT2D eigenvalue weighted by molar-refractivity contribution is 5.85. The van der Waals surface area contributed by atoms with Crippen LogP contribution in [0.25, 0.3) is 0 Å². The van der Waals surface area contributed by atoms with Crippen LogP contribution < -0.4 is 5.32 Å². The van der Waals surface area contributed by atoms with Crippen molar-refractivity contribution < 1.29 is 46.2 Å². The maximum Gasteiger partial charge on any atom is 0.409 e. The van der Waals surface area contributed by atoms with Crippen LogP contribution in [0.1, 0.15) is 48.9 Å². The summed E-state index contributed by atoms with van der Waals surface area (Å²) in [6, 6.07) is 6.55. The lowest BCUT2D eigenvalue weighted by Crippen LogP contribution is -2.42. The minimum absolute atomic E-state index is 0. The first-order valence-electron chi connectivity index (χ1n) is 12.7. The summed E-state index contributed by atoms with van der Waals surface area (Å²) < 4.78 is 66.7. The van der Waals surface area contributed by atoms with Crippen molar-refractivity contribution >= 4 is 30.4 Å². The smallest absolute Gasteiger partial charge is 0.409 e. The Morgan fingerprint density at radius 3 is 1.83 bits per heavy atom. The third-order valence-electron chi connectivity index (χ3n) is 7.16. The highest BCUT2D eigenvalue weighted by Gasteiger charge is 2.37. The third-order valence-corrected chi connectivity index (χ3v) is 7.16. The highest BCUT2D eigenvalue weighted by Crippen LogP contribution is 2.36. The second-order valence-electron chi connectivity index (χ2n) is 9.52. The number of hydrogen-bond donors (Lipinski definition) is 1. The second kappa shape index (κ2) is 15.6. The van der Waals surface area contributed by atoms with Crippen molar-refractivity contribution in [1.82, 2.24) is 10.2 Å². The van der Waals surface area contributed by atoms with Gasteiger partial charge in [-0.1, -0.05) is 12.1 Å². The van der Waals surface area contributed by atoms with Crippen molar-refractivity contribution in [3.8, 4) is 0 Å². The van der Waals surface area contributed by atoms with Crippen LogP contribution in [-0.4, -0.2) is 57.4 Å². The van der Waals surface area contributed by atoms with Crippen LogP contribution in [0.2, 0.25) is 0 Å². The molecular formula is C28H33ClF4N2O6. The Morgan fingerprint density at radius 2 is 1.29 bits per heavy atom. The number of methoxy groups -OCH3 is 3. The number of halogens is 5. The number of hydrogen-bond acceptors (Lipinski definition) is 7. The normalized spacial score (nSPS) is 21.9. The predicted molar refractivity (Wildman–Crippen MR) is 142 cm³/mol. The molecule has 0 saturated carbocycles. The first-order chi connectivity index (χ1) is 19.1. The van der Waals surface area contributed by atoms with Gasteiger partial charge in [0, 0.05) is 12.6 Å². The molecule has 1 amide bonds. The number of benzene rings is 2. The molecule has 4 atom stereocenters. The summed E-state index contributed by atoms with van der Waals surface area (Å²) in [6.45, 7) is 0.930. The number of likely N-dealkylation sites (tertiary alicyclic amines) is 1. The molecular weight excluding hydrogens is 572 g/mol. The first kappa shape index (κ1) is 33.8. The second-order valence-corrected chi connectivity index (χ2v) is 9.52. The molecule has 2 saturated heterocycles. The fourth-order valence-electron chi connectivity index (χ4n) is 5.00. The number of ether oxygens (including phenoxy) is 3. The van der Waals surface area contributed by atoms with Gasteiger partial charge in [0.25, 0.3) is 0 Å². The van der Waals surface area contributed by atoms with E-state index in [0.29, 0.717) is 36.9 Å². The van der Waals surface area contributed by atoms with Crippen LogP contribution in [0.3, 0.4) is 0 Å². The number of piperidine rings is 2. The molecule has 41 heavy (non-hydrogen) atoms. The zero-order chi connectivity index (χ0) is 29.4. The van der Waals surface area contributed by atoms with Gasteiger partial charge in [-0.25, -0.2) is 22.4 Å². The maximum atomic E-state index is 13.5. The van der Waals surface area contributed by atoms with Gasteiger partial charge in [0.15, 0.2) is 23.3 Å². The van der Waals surface area contributed by atoms with E-state index in [1.165, 1.54) is 44.4 Å². The van der Waals surface area contributed by atoms with Crippen LogP contribution in [0.5, 0.6) is 0 Å². The lowest BCUT2D eigenvalue weighted by molar-refractivity contribution is -0.148. The van der Waals surface area contributed by atoms with E-state index in [4.69, 9.17) is 14.2 Å². The largest absolute Gasteiger partial charge is 0.469 e. The molecule has 2 aliphatic heterocycles. The molecule has 2 aliphatic rings. The Morgan fingerprint density at radius 1 is 0.756 bits per heavy atom. The summed E-state index contributed by atoms with van der Waals surface area (Å²) in [5, 5.41) is 3.19.